The van der Waals surface area contributed by atoms with Gasteiger partial charge in [-0.2, -0.15) is 0 Å². The number of hydrogen-bond donors (Lipinski definition) is 0. The Kier molecular flexibility index (Phi) is 4.97. The van der Waals surface area contributed by atoms with Crippen molar-refractivity contribution >= 4 is 46.6 Å². The van der Waals surface area contributed by atoms with E-state index in [4.69, 9.17) is 23.2 Å². The zero-order chi connectivity index (χ0) is 15.5. The summed E-state index contributed by atoms with van der Waals surface area (Å²) in [5.41, 5.74) is 2.28. The van der Waals surface area contributed by atoms with Gasteiger partial charge in [0.25, 0.3) is 0 Å². The minimum Gasteiger partial charge on any atom is -0.311 e. The summed E-state index contributed by atoms with van der Waals surface area (Å²) in [5, 5.41) is 1.25. The smallest absolute Gasteiger partial charge is 0.237 e. The number of benzene rings is 2. The Bertz CT molecular complexity index is 705. The molecule has 114 valence electrons. The van der Waals surface area contributed by atoms with Gasteiger partial charge in [-0.25, -0.2) is 0 Å². The van der Waals surface area contributed by atoms with Crippen LogP contribution in [0.1, 0.15) is 12.0 Å². The van der Waals surface area contributed by atoms with E-state index in [1.165, 1.54) is 17.3 Å². The number of fused-ring (bicyclic) bond motifs is 1. The van der Waals surface area contributed by atoms with E-state index in [9.17, 15) is 4.79 Å². The third-order valence-electron chi connectivity index (χ3n) is 3.66. The van der Waals surface area contributed by atoms with Crippen LogP contribution in [0.2, 0.25) is 10.0 Å². The molecule has 0 spiro atoms. The molecule has 2 aromatic rings. The molecule has 0 saturated heterocycles. The highest BCUT2D eigenvalue weighted by Gasteiger charge is 2.22. The first-order valence-corrected chi connectivity index (χ1v) is 8.85. The molecule has 22 heavy (non-hydrogen) atoms. The quantitative estimate of drug-likeness (QED) is 0.719. The number of thioether (sulfide) groups is 1. The number of rotatable bonds is 3. The van der Waals surface area contributed by atoms with Crippen LogP contribution in [0.5, 0.6) is 0 Å². The van der Waals surface area contributed by atoms with Gasteiger partial charge in [0.2, 0.25) is 5.91 Å². The second kappa shape index (κ2) is 6.95. The van der Waals surface area contributed by atoms with E-state index in [0.29, 0.717) is 15.8 Å². The number of aryl methyl sites for hydroxylation is 1. The fourth-order valence-electron chi connectivity index (χ4n) is 2.60. The van der Waals surface area contributed by atoms with Crippen molar-refractivity contribution in [1.82, 2.24) is 0 Å². The van der Waals surface area contributed by atoms with Gasteiger partial charge in [0, 0.05) is 22.2 Å². The third-order valence-corrected chi connectivity index (χ3v) is 5.37. The first-order chi connectivity index (χ1) is 10.6. The lowest BCUT2D eigenvalue weighted by Gasteiger charge is -2.29. The van der Waals surface area contributed by atoms with E-state index in [0.717, 1.165) is 30.0 Å². The number of halogens is 2. The average molecular weight is 352 g/mol. The molecule has 0 aliphatic carbocycles. The number of amides is 1. The lowest BCUT2D eigenvalue weighted by molar-refractivity contribution is -0.116. The molecule has 2 aromatic carbocycles. The predicted octanol–water partition coefficient (Wildman–Crippen LogP) is 5.06. The van der Waals surface area contributed by atoms with E-state index in [-0.39, 0.29) is 5.91 Å². The second-order valence-electron chi connectivity index (χ2n) is 5.14. The number of carbonyl (C=O) groups excluding carboxylic acids is 1. The van der Waals surface area contributed by atoms with E-state index in [1.807, 2.05) is 23.1 Å². The van der Waals surface area contributed by atoms with E-state index >= 15 is 0 Å². The average Bonchev–Trinajstić information content (AvgIpc) is 2.55. The van der Waals surface area contributed by atoms with Crippen LogP contribution in [0, 0.1) is 0 Å². The summed E-state index contributed by atoms with van der Waals surface area (Å²) in [6.45, 7) is 0.777. The fourth-order valence-corrected chi connectivity index (χ4v) is 3.97. The highest BCUT2D eigenvalue weighted by Crippen LogP contribution is 2.32. The minimum atomic E-state index is 0.105. The Hall–Kier alpha value is -1.16. The molecule has 0 fully saturated rings. The van der Waals surface area contributed by atoms with Crippen molar-refractivity contribution in [2.24, 2.45) is 0 Å². The molecule has 1 amide bonds. The van der Waals surface area contributed by atoms with Gasteiger partial charge in [-0.1, -0.05) is 41.4 Å². The molecular formula is C17H15Cl2NOS. The van der Waals surface area contributed by atoms with E-state index in [2.05, 4.69) is 6.07 Å². The molecule has 0 saturated carbocycles. The molecule has 0 N–H and O–H groups in total. The first kappa shape index (κ1) is 15.7. The number of anilines is 1. The number of para-hydroxylation sites is 1. The zero-order valence-electron chi connectivity index (χ0n) is 11.9. The molecule has 0 atom stereocenters. The molecule has 0 bridgehead atoms. The minimum absolute atomic E-state index is 0.105. The van der Waals surface area contributed by atoms with Crippen LogP contribution in [0.3, 0.4) is 0 Å². The molecule has 2 nitrogen and oxygen atoms in total. The summed E-state index contributed by atoms with van der Waals surface area (Å²) in [6.07, 6.45) is 2.04. The third kappa shape index (κ3) is 3.43. The van der Waals surface area contributed by atoms with Crippen LogP contribution in [0.15, 0.2) is 47.4 Å². The molecule has 1 aliphatic rings. The first-order valence-electron chi connectivity index (χ1n) is 7.11. The zero-order valence-corrected chi connectivity index (χ0v) is 14.2. The summed E-state index contributed by atoms with van der Waals surface area (Å²) >= 11 is 13.6. The number of carbonyl (C=O) groups is 1. The Balaban J connectivity index is 1.72. The van der Waals surface area contributed by atoms with Crippen molar-refractivity contribution in [3.8, 4) is 0 Å². The van der Waals surface area contributed by atoms with Gasteiger partial charge in [-0.15, -0.1) is 11.8 Å². The lowest BCUT2D eigenvalue weighted by atomic mass is 10.0. The van der Waals surface area contributed by atoms with Crippen molar-refractivity contribution in [2.75, 3.05) is 17.2 Å². The molecule has 0 radical (unpaired) electrons. The second-order valence-corrected chi connectivity index (χ2v) is 7.00. The Morgan fingerprint density at radius 2 is 2.00 bits per heavy atom. The number of nitrogens with zero attached hydrogens (tertiary/aromatic N) is 1. The Morgan fingerprint density at radius 3 is 2.86 bits per heavy atom. The molecule has 3 rings (SSSR count). The lowest BCUT2D eigenvalue weighted by Crippen LogP contribution is -2.36. The molecule has 5 heteroatoms. The molecule has 1 aliphatic heterocycles. The highest BCUT2D eigenvalue weighted by molar-refractivity contribution is 8.00. The van der Waals surface area contributed by atoms with Crippen LogP contribution in [-0.4, -0.2) is 18.2 Å². The van der Waals surface area contributed by atoms with E-state index in [1.54, 1.807) is 18.2 Å². The summed E-state index contributed by atoms with van der Waals surface area (Å²) < 4.78 is 0. The summed E-state index contributed by atoms with van der Waals surface area (Å²) in [7, 11) is 0. The monoisotopic (exact) mass is 351 g/mol. The van der Waals surface area contributed by atoms with Crippen molar-refractivity contribution in [3.63, 3.8) is 0 Å². The summed E-state index contributed by atoms with van der Waals surface area (Å²) in [4.78, 5) is 15.3. The van der Waals surface area contributed by atoms with Crippen molar-refractivity contribution in [2.45, 2.75) is 17.7 Å². The predicted molar refractivity (Wildman–Crippen MR) is 94.3 cm³/mol. The van der Waals surface area contributed by atoms with Crippen LogP contribution >= 0.6 is 35.0 Å². The normalized spacial score (nSPS) is 13.8. The maximum Gasteiger partial charge on any atom is 0.237 e. The summed E-state index contributed by atoms with van der Waals surface area (Å²) in [5.74, 6) is 0.460. The SMILES string of the molecule is O=C(CSc1cc(Cl)ccc1Cl)N1CCCc2ccccc21. The largest absolute Gasteiger partial charge is 0.311 e. The fraction of sp³-hybridized carbons (Fsp3) is 0.235. The molecule has 0 unspecified atom stereocenters. The van der Waals surface area contributed by atoms with Crippen LogP contribution < -0.4 is 4.90 Å². The maximum atomic E-state index is 12.6. The van der Waals surface area contributed by atoms with Gasteiger partial charge >= 0.3 is 0 Å². The van der Waals surface area contributed by atoms with Crippen molar-refractivity contribution in [3.05, 3.63) is 58.1 Å². The Morgan fingerprint density at radius 1 is 1.18 bits per heavy atom. The molecule has 0 aromatic heterocycles. The standard InChI is InChI=1S/C17H15Cl2NOS/c18-13-7-8-14(19)16(10-13)22-11-17(21)20-9-3-5-12-4-1-2-6-15(12)20/h1-2,4,6-8,10H,3,5,9,11H2. The van der Waals surface area contributed by atoms with Gasteiger partial charge in [0.15, 0.2) is 0 Å². The maximum absolute atomic E-state index is 12.6. The molecular weight excluding hydrogens is 337 g/mol. The van der Waals surface area contributed by atoms with Crippen molar-refractivity contribution < 1.29 is 4.79 Å². The van der Waals surface area contributed by atoms with Crippen LogP contribution in [0.4, 0.5) is 5.69 Å². The van der Waals surface area contributed by atoms with Gasteiger partial charge in [0.1, 0.15) is 0 Å². The van der Waals surface area contributed by atoms with Crippen molar-refractivity contribution in [1.29, 1.82) is 0 Å². The van der Waals surface area contributed by atoms with Gasteiger partial charge in [-0.05, 0) is 42.7 Å². The molecule has 1 heterocycles. The van der Waals surface area contributed by atoms with Gasteiger partial charge in [-0.3, -0.25) is 4.79 Å². The van der Waals surface area contributed by atoms with Gasteiger partial charge < -0.3 is 4.90 Å². The topological polar surface area (TPSA) is 20.3 Å². The van der Waals surface area contributed by atoms with Gasteiger partial charge in [0.05, 0.1) is 10.8 Å². The van der Waals surface area contributed by atoms with Crippen LogP contribution in [-0.2, 0) is 11.2 Å². The Labute approximate surface area is 144 Å². The van der Waals surface area contributed by atoms with E-state index < -0.39 is 0 Å². The summed E-state index contributed by atoms with van der Waals surface area (Å²) in [6, 6.07) is 13.4. The highest BCUT2D eigenvalue weighted by atomic mass is 35.5. The number of hydrogen-bond acceptors (Lipinski definition) is 2. The van der Waals surface area contributed by atoms with Crippen LogP contribution in [0.25, 0.3) is 0 Å².